The number of rotatable bonds is 6. The Hall–Kier alpha value is -1.80. The summed E-state index contributed by atoms with van der Waals surface area (Å²) in [6, 6.07) is 18.6. The lowest BCUT2D eigenvalue weighted by atomic mass is 9.60. The van der Waals surface area contributed by atoms with E-state index in [1.54, 1.807) is 0 Å². The normalized spacial score (nSPS) is 34.8. The molecular weight excluding hydrogens is 308 g/mol. The summed E-state index contributed by atoms with van der Waals surface area (Å²) in [7, 11) is 0. The van der Waals surface area contributed by atoms with Gasteiger partial charge in [-0.25, -0.2) is 0 Å². The zero-order valence-electron chi connectivity index (χ0n) is 15.0. The van der Waals surface area contributed by atoms with Crippen LogP contribution in [0.1, 0.15) is 51.0 Å². The van der Waals surface area contributed by atoms with Crippen LogP contribution in [-0.4, -0.2) is 6.61 Å². The number of unbranched alkanes of at least 4 members (excludes halogenated alkanes) is 1. The highest BCUT2D eigenvalue weighted by atomic mass is 16.5. The first-order valence-electron chi connectivity index (χ1n) is 9.71. The first kappa shape index (κ1) is 15.5. The first-order valence-corrected chi connectivity index (χ1v) is 9.71. The van der Waals surface area contributed by atoms with E-state index in [1.807, 2.05) is 36.4 Å². The van der Waals surface area contributed by atoms with Gasteiger partial charge in [0.25, 0.3) is 0 Å². The van der Waals surface area contributed by atoms with Crippen molar-refractivity contribution in [2.75, 3.05) is 6.61 Å². The number of hydrogen-bond acceptors (Lipinski definition) is 2. The SMILES string of the molecule is CCCCC12COC3(c4cccc(Oc5ccccc5)c4)CCC13C2. The van der Waals surface area contributed by atoms with Crippen LogP contribution in [0.25, 0.3) is 0 Å². The third kappa shape index (κ3) is 2.01. The molecule has 0 bridgehead atoms. The maximum atomic E-state index is 6.53. The fraction of sp³-hybridized carbons (Fsp3) is 0.478. The van der Waals surface area contributed by atoms with Gasteiger partial charge in [-0.15, -0.1) is 0 Å². The Balaban J connectivity index is 1.42. The molecule has 3 aliphatic rings. The van der Waals surface area contributed by atoms with Crippen molar-refractivity contribution in [1.82, 2.24) is 0 Å². The van der Waals surface area contributed by atoms with Gasteiger partial charge in [-0.2, -0.15) is 0 Å². The van der Waals surface area contributed by atoms with Crippen molar-refractivity contribution in [3.05, 3.63) is 60.2 Å². The summed E-state index contributed by atoms with van der Waals surface area (Å²) in [5, 5.41) is 0. The molecule has 1 aliphatic heterocycles. The van der Waals surface area contributed by atoms with Crippen molar-refractivity contribution >= 4 is 0 Å². The van der Waals surface area contributed by atoms with E-state index in [0.29, 0.717) is 10.8 Å². The van der Waals surface area contributed by atoms with Crippen LogP contribution >= 0.6 is 0 Å². The van der Waals surface area contributed by atoms with E-state index in [2.05, 4.69) is 25.1 Å². The molecule has 0 aromatic heterocycles. The maximum absolute atomic E-state index is 6.53. The lowest BCUT2D eigenvalue weighted by Crippen LogP contribution is -2.46. The Morgan fingerprint density at radius 3 is 2.60 bits per heavy atom. The van der Waals surface area contributed by atoms with Gasteiger partial charge < -0.3 is 9.47 Å². The Labute approximate surface area is 150 Å². The van der Waals surface area contributed by atoms with Crippen molar-refractivity contribution in [2.24, 2.45) is 10.8 Å². The van der Waals surface area contributed by atoms with E-state index in [-0.39, 0.29) is 5.60 Å². The van der Waals surface area contributed by atoms with Crippen LogP contribution in [0.5, 0.6) is 11.5 Å². The number of ether oxygens (including phenoxy) is 2. The second-order valence-corrected chi connectivity index (χ2v) is 8.20. The molecule has 2 aliphatic carbocycles. The van der Waals surface area contributed by atoms with Crippen LogP contribution in [0.2, 0.25) is 0 Å². The number of para-hydroxylation sites is 1. The molecule has 0 amide bonds. The van der Waals surface area contributed by atoms with E-state index in [1.165, 1.54) is 37.7 Å². The van der Waals surface area contributed by atoms with Crippen molar-refractivity contribution in [3.8, 4) is 11.5 Å². The maximum Gasteiger partial charge on any atom is 0.127 e. The lowest BCUT2D eigenvalue weighted by molar-refractivity contribution is -0.125. The Bertz CT molecular complexity index is 782. The van der Waals surface area contributed by atoms with Crippen molar-refractivity contribution < 1.29 is 9.47 Å². The number of benzene rings is 2. The molecule has 2 aromatic carbocycles. The van der Waals surface area contributed by atoms with Gasteiger partial charge in [0, 0.05) is 10.8 Å². The van der Waals surface area contributed by atoms with Crippen LogP contribution in [0.15, 0.2) is 54.6 Å². The molecule has 1 spiro atoms. The van der Waals surface area contributed by atoms with E-state index in [9.17, 15) is 0 Å². The molecule has 1 heterocycles. The van der Waals surface area contributed by atoms with Crippen LogP contribution in [-0.2, 0) is 10.3 Å². The molecule has 25 heavy (non-hydrogen) atoms. The van der Waals surface area contributed by atoms with Gasteiger partial charge in [0.1, 0.15) is 11.5 Å². The summed E-state index contributed by atoms with van der Waals surface area (Å²) in [6.07, 6.45) is 7.81. The predicted octanol–water partition coefficient (Wildman–Crippen LogP) is 6.06. The highest BCUT2D eigenvalue weighted by molar-refractivity contribution is 5.44. The highest BCUT2D eigenvalue weighted by Gasteiger charge is 2.84. The van der Waals surface area contributed by atoms with Gasteiger partial charge in [-0.3, -0.25) is 0 Å². The van der Waals surface area contributed by atoms with E-state index < -0.39 is 0 Å². The summed E-state index contributed by atoms with van der Waals surface area (Å²) in [4.78, 5) is 0. The standard InChI is InChI=1S/C23H26O2/c1-2-3-12-21-16-22(21)13-14-23(22,24-17-21)18-8-7-11-20(15-18)25-19-9-5-4-6-10-19/h4-11,15H,2-3,12-14,16-17H2,1H3. The minimum absolute atomic E-state index is 0.0448. The van der Waals surface area contributed by atoms with Crippen molar-refractivity contribution in [3.63, 3.8) is 0 Å². The van der Waals surface area contributed by atoms with Crippen molar-refractivity contribution in [1.29, 1.82) is 0 Å². The first-order chi connectivity index (χ1) is 12.2. The fourth-order valence-corrected chi connectivity index (χ4v) is 5.63. The summed E-state index contributed by atoms with van der Waals surface area (Å²) < 4.78 is 12.6. The smallest absolute Gasteiger partial charge is 0.127 e. The van der Waals surface area contributed by atoms with Gasteiger partial charge in [0.05, 0.1) is 12.2 Å². The van der Waals surface area contributed by atoms with E-state index >= 15 is 0 Å². The molecule has 0 N–H and O–H groups in total. The predicted molar refractivity (Wildman–Crippen MR) is 98.8 cm³/mol. The van der Waals surface area contributed by atoms with Crippen LogP contribution in [0.4, 0.5) is 0 Å². The Kier molecular flexibility index (Phi) is 3.31. The minimum atomic E-state index is -0.0448. The Morgan fingerprint density at radius 1 is 1.00 bits per heavy atom. The summed E-state index contributed by atoms with van der Waals surface area (Å²) in [6.45, 7) is 3.25. The minimum Gasteiger partial charge on any atom is -0.457 e. The fourth-order valence-electron chi connectivity index (χ4n) is 5.63. The molecule has 1 saturated heterocycles. The molecule has 3 unspecified atom stereocenters. The van der Waals surface area contributed by atoms with Gasteiger partial charge in [0.15, 0.2) is 0 Å². The van der Waals surface area contributed by atoms with Crippen LogP contribution in [0.3, 0.4) is 0 Å². The molecule has 2 saturated carbocycles. The van der Waals surface area contributed by atoms with E-state index in [0.717, 1.165) is 24.5 Å². The highest BCUT2D eigenvalue weighted by Crippen LogP contribution is 2.87. The largest absolute Gasteiger partial charge is 0.457 e. The second-order valence-electron chi connectivity index (χ2n) is 8.20. The molecule has 2 nitrogen and oxygen atoms in total. The topological polar surface area (TPSA) is 18.5 Å². The zero-order valence-corrected chi connectivity index (χ0v) is 15.0. The average molecular weight is 334 g/mol. The summed E-state index contributed by atoms with van der Waals surface area (Å²) in [5.74, 6) is 1.80. The van der Waals surface area contributed by atoms with E-state index in [4.69, 9.17) is 9.47 Å². The molecule has 2 heteroatoms. The van der Waals surface area contributed by atoms with Crippen LogP contribution < -0.4 is 4.74 Å². The van der Waals surface area contributed by atoms with Crippen LogP contribution in [0, 0.1) is 10.8 Å². The van der Waals surface area contributed by atoms with Crippen molar-refractivity contribution in [2.45, 2.75) is 51.0 Å². The number of hydrogen-bond donors (Lipinski definition) is 0. The van der Waals surface area contributed by atoms with Gasteiger partial charge in [-0.1, -0.05) is 50.1 Å². The quantitative estimate of drug-likeness (QED) is 0.639. The molecule has 5 rings (SSSR count). The lowest BCUT2D eigenvalue weighted by Gasteiger charge is -2.48. The molecule has 2 aromatic rings. The monoisotopic (exact) mass is 334 g/mol. The molecule has 0 radical (unpaired) electrons. The summed E-state index contributed by atoms with van der Waals surface area (Å²) >= 11 is 0. The zero-order chi connectivity index (χ0) is 17.0. The Morgan fingerprint density at radius 2 is 1.84 bits per heavy atom. The van der Waals surface area contributed by atoms with Gasteiger partial charge in [0.2, 0.25) is 0 Å². The third-order valence-corrected chi connectivity index (χ3v) is 7.09. The molecule has 3 fully saturated rings. The average Bonchev–Trinajstić information content (AvgIpc) is 3.28. The molecule has 130 valence electrons. The second kappa shape index (κ2) is 5.35. The van der Waals surface area contributed by atoms with Gasteiger partial charge >= 0.3 is 0 Å². The third-order valence-electron chi connectivity index (χ3n) is 7.09. The summed E-state index contributed by atoms with van der Waals surface area (Å²) in [5.41, 5.74) is 2.16. The molecule has 3 atom stereocenters. The molecular formula is C23H26O2. The van der Waals surface area contributed by atoms with Gasteiger partial charge in [-0.05, 0) is 55.5 Å².